The highest BCUT2D eigenvalue weighted by Crippen LogP contribution is 2.21. The smallest absolute Gasteiger partial charge is 0.255 e. The summed E-state index contributed by atoms with van der Waals surface area (Å²) in [6, 6.07) is 5.87. The van der Waals surface area contributed by atoms with Crippen LogP contribution in [0.15, 0.2) is 18.2 Å². The number of halogens is 2. The van der Waals surface area contributed by atoms with Crippen LogP contribution in [0.3, 0.4) is 0 Å². The molecule has 2 unspecified atom stereocenters. The van der Waals surface area contributed by atoms with Gasteiger partial charge in [0.15, 0.2) is 0 Å². The largest absolute Gasteiger partial charge is 0.371 e. The Hall–Kier alpha value is -0.140. The molecule has 1 aliphatic heterocycles. The molecule has 0 aliphatic carbocycles. The van der Waals surface area contributed by atoms with Crippen molar-refractivity contribution in [3.05, 3.63) is 32.9 Å². The Morgan fingerprint density at radius 1 is 1.53 bits per heavy atom. The Kier molecular flexibility index (Phi) is 5.25. The van der Waals surface area contributed by atoms with Crippen LogP contribution in [0, 0.1) is 10.5 Å². The molecule has 1 amide bonds. The van der Waals surface area contributed by atoms with Gasteiger partial charge in [-0.1, -0.05) is 28.1 Å². The normalized spacial score (nSPS) is 23.5. The molecular formula is C14H17BrINO2. The second-order valence-corrected chi connectivity index (χ2v) is 6.60. The highest BCUT2D eigenvalue weighted by molar-refractivity contribution is 14.1. The lowest BCUT2D eigenvalue weighted by Gasteiger charge is -2.36. The van der Waals surface area contributed by atoms with Gasteiger partial charge >= 0.3 is 0 Å². The Balaban J connectivity index is 2.21. The first-order chi connectivity index (χ1) is 9.02. The van der Waals surface area contributed by atoms with E-state index in [0.717, 1.165) is 20.0 Å². The number of benzene rings is 1. The Morgan fingerprint density at radius 2 is 2.26 bits per heavy atom. The molecule has 0 N–H and O–H groups in total. The van der Waals surface area contributed by atoms with Gasteiger partial charge in [-0.05, 0) is 48.1 Å². The number of hydrogen-bond acceptors (Lipinski definition) is 2. The van der Waals surface area contributed by atoms with Crippen molar-refractivity contribution in [3.63, 3.8) is 0 Å². The van der Waals surface area contributed by atoms with Gasteiger partial charge in [-0.15, -0.1) is 0 Å². The van der Waals surface area contributed by atoms with Crippen LogP contribution in [-0.2, 0) is 4.74 Å². The SMILES string of the molecule is Cc1cccc(C(=O)N2CC(C)OC(CBr)C2)c1I. The number of amides is 1. The number of carbonyl (C=O) groups is 1. The number of hydrogen-bond donors (Lipinski definition) is 0. The Bertz CT molecular complexity index is 481. The van der Waals surface area contributed by atoms with Crippen LogP contribution < -0.4 is 0 Å². The zero-order valence-corrected chi connectivity index (χ0v) is 14.8. The Labute approximate surface area is 136 Å². The van der Waals surface area contributed by atoms with Crippen molar-refractivity contribution in [2.45, 2.75) is 26.1 Å². The van der Waals surface area contributed by atoms with Crippen molar-refractivity contribution >= 4 is 44.4 Å². The van der Waals surface area contributed by atoms with Crippen LogP contribution in [0.5, 0.6) is 0 Å². The zero-order valence-electron chi connectivity index (χ0n) is 11.0. The molecule has 0 spiro atoms. The highest BCUT2D eigenvalue weighted by atomic mass is 127. The maximum absolute atomic E-state index is 12.6. The number of carbonyl (C=O) groups excluding carboxylic acids is 1. The molecule has 1 fully saturated rings. The van der Waals surface area contributed by atoms with Crippen LogP contribution in [0.25, 0.3) is 0 Å². The van der Waals surface area contributed by atoms with E-state index in [1.165, 1.54) is 0 Å². The van der Waals surface area contributed by atoms with Gasteiger partial charge < -0.3 is 9.64 Å². The second kappa shape index (κ2) is 6.54. The van der Waals surface area contributed by atoms with Crippen LogP contribution >= 0.6 is 38.5 Å². The summed E-state index contributed by atoms with van der Waals surface area (Å²) in [6.45, 7) is 5.35. The number of ether oxygens (including phenoxy) is 1. The standard InChI is InChI=1S/C14H17BrINO2/c1-9-4-3-5-12(13(9)16)14(18)17-7-10(2)19-11(6-15)8-17/h3-5,10-11H,6-8H2,1-2H3. The highest BCUT2D eigenvalue weighted by Gasteiger charge is 2.29. The summed E-state index contributed by atoms with van der Waals surface area (Å²) >= 11 is 5.68. The number of aryl methyl sites for hydroxylation is 1. The lowest BCUT2D eigenvalue weighted by atomic mass is 10.1. The topological polar surface area (TPSA) is 29.5 Å². The van der Waals surface area contributed by atoms with Crippen LogP contribution in [0.4, 0.5) is 0 Å². The van der Waals surface area contributed by atoms with E-state index >= 15 is 0 Å². The fraction of sp³-hybridized carbons (Fsp3) is 0.500. The average Bonchev–Trinajstić information content (AvgIpc) is 2.40. The van der Waals surface area contributed by atoms with Crippen molar-refractivity contribution in [2.24, 2.45) is 0 Å². The van der Waals surface area contributed by atoms with E-state index in [-0.39, 0.29) is 18.1 Å². The van der Waals surface area contributed by atoms with Crippen molar-refractivity contribution in [1.29, 1.82) is 0 Å². The van der Waals surface area contributed by atoms with Gasteiger partial charge in [-0.2, -0.15) is 0 Å². The molecule has 0 saturated carbocycles. The quantitative estimate of drug-likeness (QED) is 0.525. The van der Waals surface area contributed by atoms with Crippen LogP contribution in [-0.4, -0.2) is 41.4 Å². The molecule has 1 aliphatic rings. The minimum Gasteiger partial charge on any atom is -0.371 e. The van der Waals surface area contributed by atoms with E-state index in [1.807, 2.05) is 36.9 Å². The number of morpholine rings is 1. The lowest BCUT2D eigenvalue weighted by Crippen LogP contribution is -2.49. The Morgan fingerprint density at radius 3 is 2.95 bits per heavy atom. The molecule has 1 aromatic carbocycles. The monoisotopic (exact) mass is 437 g/mol. The number of alkyl halides is 1. The molecule has 19 heavy (non-hydrogen) atoms. The van der Waals surface area contributed by atoms with Crippen molar-refractivity contribution < 1.29 is 9.53 Å². The number of rotatable bonds is 2. The third-order valence-corrected chi connectivity index (χ3v) is 5.36. The molecule has 5 heteroatoms. The maximum Gasteiger partial charge on any atom is 0.255 e. The average molecular weight is 438 g/mol. The van der Waals surface area contributed by atoms with E-state index in [1.54, 1.807) is 0 Å². The predicted octanol–water partition coefficient (Wildman–Crippen LogP) is 3.22. The molecule has 0 bridgehead atoms. The molecule has 3 nitrogen and oxygen atoms in total. The van der Waals surface area contributed by atoms with Gasteiger partial charge in [0.25, 0.3) is 5.91 Å². The fourth-order valence-corrected chi connectivity index (χ4v) is 3.23. The van der Waals surface area contributed by atoms with Gasteiger partial charge in [-0.3, -0.25) is 4.79 Å². The third kappa shape index (κ3) is 3.49. The van der Waals surface area contributed by atoms with E-state index in [2.05, 4.69) is 38.5 Å². The van der Waals surface area contributed by atoms with Gasteiger partial charge in [0.05, 0.1) is 17.8 Å². The summed E-state index contributed by atoms with van der Waals surface area (Å²) in [4.78, 5) is 14.5. The first kappa shape index (κ1) is 15.3. The minimum atomic E-state index is 0.0789. The first-order valence-corrected chi connectivity index (χ1v) is 8.48. The predicted molar refractivity (Wildman–Crippen MR) is 87.9 cm³/mol. The number of nitrogens with zero attached hydrogens (tertiary/aromatic N) is 1. The third-order valence-electron chi connectivity index (χ3n) is 3.21. The fourth-order valence-electron chi connectivity index (χ4n) is 2.28. The molecule has 0 aromatic heterocycles. The van der Waals surface area contributed by atoms with Gasteiger partial charge in [0.1, 0.15) is 0 Å². The summed E-state index contributed by atoms with van der Waals surface area (Å²) in [7, 11) is 0. The maximum atomic E-state index is 12.6. The first-order valence-electron chi connectivity index (χ1n) is 6.28. The summed E-state index contributed by atoms with van der Waals surface area (Å²) in [5.74, 6) is 0.106. The minimum absolute atomic E-state index is 0.0789. The van der Waals surface area contributed by atoms with E-state index in [9.17, 15) is 4.79 Å². The van der Waals surface area contributed by atoms with Crippen LogP contribution in [0.2, 0.25) is 0 Å². The van der Waals surface area contributed by atoms with Crippen molar-refractivity contribution in [1.82, 2.24) is 4.90 Å². The second-order valence-electron chi connectivity index (χ2n) is 4.87. The zero-order chi connectivity index (χ0) is 14.0. The van der Waals surface area contributed by atoms with Crippen LogP contribution in [0.1, 0.15) is 22.8 Å². The molecular weight excluding hydrogens is 421 g/mol. The lowest BCUT2D eigenvalue weighted by molar-refractivity contribution is -0.0560. The molecule has 104 valence electrons. The van der Waals surface area contributed by atoms with Gasteiger partial charge in [-0.25, -0.2) is 0 Å². The molecule has 1 saturated heterocycles. The van der Waals surface area contributed by atoms with Crippen molar-refractivity contribution in [2.75, 3.05) is 18.4 Å². The van der Waals surface area contributed by atoms with E-state index < -0.39 is 0 Å². The summed E-state index contributed by atoms with van der Waals surface area (Å²) < 4.78 is 6.80. The van der Waals surface area contributed by atoms with Gasteiger partial charge in [0, 0.05) is 22.0 Å². The summed E-state index contributed by atoms with van der Waals surface area (Å²) in [5, 5.41) is 0.756. The molecule has 2 rings (SSSR count). The molecule has 2 atom stereocenters. The molecule has 1 heterocycles. The molecule has 0 radical (unpaired) electrons. The van der Waals surface area contributed by atoms with E-state index in [0.29, 0.717) is 13.1 Å². The summed E-state index contributed by atoms with van der Waals surface area (Å²) in [6.07, 6.45) is 0.165. The summed E-state index contributed by atoms with van der Waals surface area (Å²) in [5.41, 5.74) is 1.94. The molecule has 1 aromatic rings. The van der Waals surface area contributed by atoms with Gasteiger partial charge in [0.2, 0.25) is 0 Å². The van der Waals surface area contributed by atoms with E-state index in [4.69, 9.17) is 4.74 Å². The van der Waals surface area contributed by atoms with Crippen molar-refractivity contribution in [3.8, 4) is 0 Å².